The van der Waals surface area contributed by atoms with Gasteiger partial charge >= 0.3 is 5.97 Å². The number of benzene rings is 3. The molecule has 1 aromatic heterocycles. The number of nitrogens with zero attached hydrogens (tertiary/aromatic N) is 4. The first-order chi connectivity index (χ1) is 17.8. The van der Waals surface area contributed by atoms with Gasteiger partial charge in [-0.05, 0) is 53.9 Å². The number of carbonyl (C=O) groups excluding carboxylic acids is 2. The molecule has 9 nitrogen and oxygen atoms in total. The standard InChI is InChI=1S/C26H19ClFN5O4/c27-19-6-3-7-21(22(19)28)33-14-20(30-31-33)25(35)32-13-12-15-4-1-2-5-18(15)23(32)24(34)29-17-10-8-16(9-11-17)26(36)37/h1-11,14,23H,12-13H2,(H,29,34)(H,36,37)/t23-/m1/s1. The Hall–Kier alpha value is -4.57. The number of halogens is 2. The van der Waals surface area contributed by atoms with E-state index >= 15 is 0 Å². The van der Waals surface area contributed by atoms with Crippen LogP contribution >= 0.6 is 11.6 Å². The number of carboxylic acid groups (broad SMARTS) is 1. The third-order valence-electron chi connectivity index (χ3n) is 6.08. The van der Waals surface area contributed by atoms with Crippen LogP contribution in [0, 0.1) is 5.82 Å². The summed E-state index contributed by atoms with van der Waals surface area (Å²) < 4.78 is 15.6. The number of rotatable bonds is 5. The van der Waals surface area contributed by atoms with Gasteiger partial charge in [0.2, 0.25) is 0 Å². The van der Waals surface area contributed by atoms with Gasteiger partial charge in [0.15, 0.2) is 11.5 Å². The maximum absolute atomic E-state index is 14.5. The van der Waals surface area contributed by atoms with E-state index in [1.165, 1.54) is 47.5 Å². The molecule has 0 saturated heterocycles. The number of aromatic nitrogens is 3. The van der Waals surface area contributed by atoms with Crippen molar-refractivity contribution in [3.8, 4) is 5.69 Å². The van der Waals surface area contributed by atoms with Crippen LogP contribution in [0.2, 0.25) is 5.02 Å². The molecule has 0 bridgehead atoms. The van der Waals surface area contributed by atoms with Crippen molar-refractivity contribution < 1.29 is 23.9 Å². The quantitative estimate of drug-likeness (QED) is 0.409. The van der Waals surface area contributed by atoms with Gasteiger partial charge in [-0.1, -0.05) is 47.1 Å². The molecule has 1 aliphatic heterocycles. The first kappa shape index (κ1) is 24.1. The average molecular weight is 520 g/mol. The minimum atomic E-state index is -1.08. The summed E-state index contributed by atoms with van der Waals surface area (Å²) in [6, 6.07) is 16.5. The van der Waals surface area contributed by atoms with Gasteiger partial charge in [0.05, 0.1) is 16.8 Å². The van der Waals surface area contributed by atoms with Gasteiger partial charge in [-0.3, -0.25) is 9.59 Å². The number of anilines is 1. The summed E-state index contributed by atoms with van der Waals surface area (Å²) in [4.78, 5) is 39.5. The zero-order valence-electron chi connectivity index (χ0n) is 19.1. The number of hydrogen-bond acceptors (Lipinski definition) is 5. The Morgan fingerprint density at radius 1 is 1.03 bits per heavy atom. The molecule has 0 spiro atoms. The molecule has 5 rings (SSSR count). The number of nitrogens with one attached hydrogen (secondary N) is 1. The Labute approximate surface area is 215 Å². The summed E-state index contributed by atoms with van der Waals surface area (Å²) in [6.07, 6.45) is 1.81. The zero-order chi connectivity index (χ0) is 26.1. The highest BCUT2D eigenvalue weighted by Crippen LogP contribution is 2.32. The highest BCUT2D eigenvalue weighted by molar-refractivity contribution is 6.30. The predicted octanol–water partition coefficient (Wildman–Crippen LogP) is 4.14. The van der Waals surface area contributed by atoms with Crippen molar-refractivity contribution >= 4 is 35.1 Å². The van der Waals surface area contributed by atoms with Crippen LogP contribution in [0.3, 0.4) is 0 Å². The minimum absolute atomic E-state index is 0.0298. The number of amides is 2. The lowest BCUT2D eigenvalue weighted by molar-refractivity contribution is -0.121. The second kappa shape index (κ2) is 9.82. The van der Waals surface area contributed by atoms with E-state index in [2.05, 4.69) is 15.6 Å². The van der Waals surface area contributed by atoms with Gasteiger partial charge in [0, 0.05) is 12.2 Å². The number of hydrogen-bond donors (Lipinski definition) is 2. The normalized spacial score (nSPS) is 14.6. The van der Waals surface area contributed by atoms with E-state index in [0.717, 1.165) is 10.2 Å². The molecule has 3 aromatic carbocycles. The number of aromatic carboxylic acids is 1. The summed E-state index contributed by atoms with van der Waals surface area (Å²) in [5, 5.41) is 19.6. The number of fused-ring (bicyclic) bond motifs is 1. The lowest BCUT2D eigenvalue weighted by Gasteiger charge is -2.36. The fourth-order valence-electron chi connectivity index (χ4n) is 4.27. The molecule has 2 N–H and O–H groups in total. The van der Waals surface area contributed by atoms with E-state index in [-0.39, 0.29) is 28.5 Å². The van der Waals surface area contributed by atoms with Gasteiger partial charge < -0.3 is 15.3 Å². The van der Waals surface area contributed by atoms with Crippen molar-refractivity contribution in [3.05, 3.63) is 106 Å². The zero-order valence-corrected chi connectivity index (χ0v) is 19.9. The van der Waals surface area contributed by atoms with Crippen LogP contribution in [0.15, 0.2) is 72.9 Å². The van der Waals surface area contributed by atoms with E-state index in [1.807, 2.05) is 12.1 Å². The SMILES string of the molecule is O=C(O)c1ccc(NC(=O)[C@H]2c3ccccc3CCN2C(=O)c2cn(-c3cccc(Cl)c3F)nn2)cc1. The molecular formula is C26H19ClFN5O4. The predicted molar refractivity (Wildman–Crippen MR) is 132 cm³/mol. The Bertz CT molecular complexity index is 1520. The van der Waals surface area contributed by atoms with Gasteiger partial charge in [0.1, 0.15) is 11.7 Å². The third-order valence-corrected chi connectivity index (χ3v) is 6.37. The highest BCUT2D eigenvalue weighted by Gasteiger charge is 2.37. The molecule has 1 aliphatic rings. The van der Waals surface area contributed by atoms with E-state index in [9.17, 15) is 18.8 Å². The van der Waals surface area contributed by atoms with E-state index < -0.39 is 29.6 Å². The lowest BCUT2D eigenvalue weighted by atomic mass is 9.91. The van der Waals surface area contributed by atoms with Gasteiger partial charge in [-0.15, -0.1) is 5.10 Å². The number of carboxylic acids is 1. The minimum Gasteiger partial charge on any atom is -0.478 e. The Balaban J connectivity index is 1.45. The van der Waals surface area contributed by atoms with Crippen LogP contribution in [0.5, 0.6) is 0 Å². The molecule has 4 aromatic rings. The molecule has 0 saturated carbocycles. The number of carbonyl (C=O) groups is 3. The van der Waals surface area contributed by atoms with Crippen molar-refractivity contribution in [2.75, 3.05) is 11.9 Å². The maximum atomic E-state index is 14.5. The topological polar surface area (TPSA) is 117 Å². The van der Waals surface area contributed by atoms with E-state index in [0.29, 0.717) is 17.7 Å². The molecule has 0 radical (unpaired) electrons. The van der Waals surface area contributed by atoms with Gasteiger partial charge in [0.25, 0.3) is 11.8 Å². The monoisotopic (exact) mass is 519 g/mol. The summed E-state index contributed by atoms with van der Waals surface area (Å²) in [6.45, 7) is 0.240. The second-order valence-electron chi connectivity index (χ2n) is 8.34. The Morgan fingerprint density at radius 3 is 2.54 bits per heavy atom. The second-order valence-corrected chi connectivity index (χ2v) is 8.75. The molecule has 1 atom stereocenters. The van der Waals surface area contributed by atoms with Crippen LogP contribution in [0.25, 0.3) is 5.69 Å². The molecule has 37 heavy (non-hydrogen) atoms. The largest absolute Gasteiger partial charge is 0.478 e. The van der Waals surface area contributed by atoms with Crippen LogP contribution in [-0.2, 0) is 11.2 Å². The summed E-state index contributed by atoms with van der Waals surface area (Å²) in [7, 11) is 0. The maximum Gasteiger partial charge on any atom is 0.335 e. The third kappa shape index (κ3) is 4.66. The fraction of sp³-hybridized carbons (Fsp3) is 0.115. The molecule has 11 heteroatoms. The van der Waals surface area contributed by atoms with Crippen LogP contribution in [0.4, 0.5) is 10.1 Å². The smallest absolute Gasteiger partial charge is 0.335 e. The van der Waals surface area contributed by atoms with Crippen LogP contribution < -0.4 is 5.32 Å². The molecule has 0 unspecified atom stereocenters. The fourth-order valence-corrected chi connectivity index (χ4v) is 4.44. The van der Waals surface area contributed by atoms with Crippen molar-refractivity contribution in [3.63, 3.8) is 0 Å². The van der Waals surface area contributed by atoms with Crippen LogP contribution in [-0.4, -0.2) is 49.3 Å². The molecule has 0 aliphatic carbocycles. The molecule has 2 amide bonds. The van der Waals surface area contributed by atoms with Crippen molar-refractivity contribution in [1.82, 2.24) is 19.9 Å². The van der Waals surface area contributed by atoms with E-state index in [1.54, 1.807) is 18.2 Å². The molecule has 2 heterocycles. The van der Waals surface area contributed by atoms with Crippen molar-refractivity contribution in [1.29, 1.82) is 0 Å². The Kier molecular flexibility index (Phi) is 6.41. The highest BCUT2D eigenvalue weighted by atomic mass is 35.5. The summed E-state index contributed by atoms with van der Waals surface area (Å²) >= 11 is 5.86. The lowest BCUT2D eigenvalue weighted by Crippen LogP contribution is -2.45. The first-order valence-electron chi connectivity index (χ1n) is 11.2. The summed E-state index contributed by atoms with van der Waals surface area (Å²) in [5.41, 5.74) is 2.02. The Morgan fingerprint density at radius 2 is 1.78 bits per heavy atom. The van der Waals surface area contributed by atoms with Crippen LogP contribution in [0.1, 0.15) is 38.0 Å². The van der Waals surface area contributed by atoms with Gasteiger partial charge in [-0.2, -0.15) is 0 Å². The van der Waals surface area contributed by atoms with Crippen molar-refractivity contribution in [2.45, 2.75) is 12.5 Å². The average Bonchev–Trinajstić information content (AvgIpc) is 3.39. The van der Waals surface area contributed by atoms with Crippen molar-refractivity contribution in [2.24, 2.45) is 0 Å². The summed E-state index contributed by atoms with van der Waals surface area (Å²) in [5.74, 6) is -2.81. The van der Waals surface area contributed by atoms with Gasteiger partial charge in [-0.25, -0.2) is 13.9 Å². The van der Waals surface area contributed by atoms with E-state index in [4.69, 9.17) is 16.7 Å². The molecule has 186 valence electrons. The first-order valence-corrected chi connectivity index (χ1v) is 11.6. The molecular weight excluding hydrogens is 501 g/mol. The molecule has 0 fully saturated rings.